The van der Waals surface area contributed by atoms with Gasteiger partial charge in [0.1, 0.15) is 0 Å². The summed E-state index contributed by atoms with van der Waals surface area (Å²) in [4.78, 5) is 32.6. The molecule has 0 atom stereocenters. The summed E-state index contributed by atoms with van der Waals surface area (Å²) >= 11 is 6.42. The van der Waals surface area contributed by atoms with E-state index < -0.39 is 0 Å². The average molecular weight is 413 g/mol. The van der Waals surface area contributed by atoms with Crippen molar-refractivity contribution in [2.45, 2.75) is 13.8 Å². The minimum Gasteiger partial charge on any atom is -0.288 e. The van der Waals surface area contributed by atoms with Crippen molar-refractivity contribution < 1.29 is 9.59 Å². The van der Waals surface area contributed by atoms with Crippen LogP contribution in [0.3, 0.4) is 0 Å². The second-order valence-corrected chi connectivity index (χ2v) is 10.5. The van der Waals surface area contributed by atoms with Crippen LogP contribution in [0, 0.1) is 13.8 Å². The highest BCUT2D eigenvalue weighted by atomic mass is 32.1. The summed E-state index contributed by atoms with van der Waals surface area (Å²) in [5.41, 5.74) is 2.31. The molecule has 5 rings (SSSR count). The molecule has 0 N–H and O–H groups in total. The number of fused-ring (bicyclic) bond motifs is 2. The second kappa shape index (κ2) is 5.82. The van der Waals surface area contributed by atoms with Crippen LogP contribution in [0.5, 0.6) is 0 Å². The van der Waals surface area contributed by atoms with Gasteiger partial charge in [0, 0.05) is 51.8 Å². The number of rotatable bonds is 2. The molecule has 0 saturated heterocycles. The van der Waals surface area contributed by atoms with Gasteiger partial charge < -0.3 is 0 Å². The molecule has 128 valence electrons. The smallest absolute Gasteiger partial charge is 0.196 e. The first kappa shape index (κ1) is 16.3. The lowest BCUT2D eigenvalue weighted by Crippen LogP contribution is -2.18. The lowest BCUT2D eigenvalue weighted by Gasteiger charge is -2.12. The molecule has 0 unspecified atom stereocenters. The Morgan fingerprint density at radius 1 is 0.692 bits per heavy atom. The van der Waals surface area contributed by atoms with Gasteiger partial charge in [-0.3, -0.25) is 9.59 Å². The van der Waals surface area contributed by atoms with Gasteiger partial charge in [-0.25, -0.2) is 0 Å². The van der Waals surface area contributed by atoms with Gasteiger partial charge in [-0.15, -0.1) is 34.0 Å². The molecule has 0 amide bonds. The van der Waals surface area contributed by atoms with Gasteiger partial charge in [0.25, 0.3) is 0 Å². The number of carbonyl (C=O) groups is 2. The molecule has 26 heavy (non-hydrogen) atoms. The van der Waals surface area contributed by atoms with Crippen molar-refractivity contribution in [2.24, 2.45) is 0 Å². The molecular formula is C20H12O2S4. The molecule has 0 saturated carbocycles. The molecule has 0 aromatic carbocycles. The quantitative estimate of drug-likeness (QED) is 0.325. The summed E-state index contributed by atoms with van der Waals surface area (Å²) in [5, 5.41) is 3.58. The number of ketones is 2. The SMILES string of the molecule is Cc1ccc(-c2ccc(-c3sc(C)c4c3C(=O)c3cscc3C4=O)s2)s1. The number of carbonyl (C=O) groups excluding carboxylic acids is 2. The van der Waals surface area contributed by atoms with Gasteiger partial charge in [0.15, 0.2) is 11.6 Å². The van der Waals surface area contributed by atoms with E-state index in [9.17, 15) is 9.59 Å². The van der Waals surface area contributed by atoms with Gasteiger partial charge in [0.05, 0.1) is 10.4 Å². The fourth-order valence-corrected chi connectivity index (χ4v) is 7.32. The van der Waals surface area contributed by atoms with Crippen molar-refractivity contribution in [2.75, 3.05) is 0 Å². The Hall–Kier alpha value is -1.86. The first-order chi connectivity index (χ1) is 12.5. The van der Waals surface area contributed by atoms with Crippen LogP contribution in [0.25, 0.3) is 19.5 Å². The highest BCUT2D eigenvalue weighted by molar-refractivity contribution is 7.26. The predicted molar refractivity (Wildman–Crippen MR) is 112 cm³/mol. The first-order valence-corrected chi connectivity index (χ1v) is 11.4. The van der Waals surface area contributed by atoms with Gasteiger partial charge in [-0.2, -0.15) is 11.3 Å². The van der Waals surface area contributed by atoms with Crippen LogP contribution < -0.4 is 0 Å². The van der Waals surface area contributed by atoms with Crippen molar-refractivity contribution in [3.05, 3.63) is 67.0 Å². The molecule has 0 fully saturated rings. The van der Waals surface area contributed by atoms with Crippen LogP contribution >= 0.6 is 45.3 Å². The van der Waals surface area contributed by atoms with Crippen LogP contribution in [-0.4, -0.2) is 11.6 Å². The first-order valence-electron chi connectivity index (χ1n) is 8.00. The molecule has 0 spiro atoms. The predicted octanol–water partition coefficient (Wildman–Crippen LogP) is 6.66. The summed E-state index contributed by atoms with van der Waals surface area (Å²) < 4.78 is 0. The van der Waals surface area contributed by atoms with Crippen molar-refractivity contribution >= 4 is 56.9 Å². The zero-order chi connectivity index (χ0) is 18.0. The highest BCUT2D eigenvalue weighted by Crippen LogP contribution is 2.46. The molecule has 6 heteroatoms. The van der Waals surface area contributed by atoms with Crippen molar-refractivity contribution in [1.29, 1.82) is 0 Å². The van der Waals surface area contributed by atoms with Crippen LogP contribution in [0.1, 0.15) is 41.6 Å². The summed E-state index contributed by atoms with van der Waals surface area (Å²) in [6.45, 7) is 4.04. The van der Waals surface area contributed by atoms with E-state index >= 15 is 0 Å². The topological polar surface area (TPSA) is 34.1 Å². The maximum Gasteiger partial charge on any atom is 0.196 e. The summed E-state index contributed by atoms with van der Waals surface area (Å²) in [6.07, 6.45) is 0. The molecule has 1 aliphatic rings. The Kier molecular flexibility index (Phi) is 3.66. The third kappa shape index (κ3) is 2.26. The fraction of sp³-hybridized carbons (Fsp3) is 0.100. The van der Waals surface area contributed by atoms with Crippen LogP contribution in [0.2, 0.25) is 0 Å². The molecule has 0 radical (unpaired) electrons. The maximum atomic E-state index is 13.1. The Labute approximate surface area is 166 Å². The summed E-state index contributed by atoms with van der Waals surface area (Å²) in [6, 6.07) is 8.44. The molecule has 0 bridgehead atoms. The van der Waals surface area contributed by atoms with Crippen molar-refractivity contribution in [1.82, 2.24) is 0 Å². The second-order valence-electron chi connectivity index (χ2n) is 6.17. The number of hydrogen-bond donors (Lipinski definition) is 0. The molecule has 4 heterocycles. The number of thiophene rings is 4. The Morgan fingerprint density at radius 2 is 1.31 bits per heavy atom. The summed E-state index contributed by atoms with van der Waals surface area (Å²) in [7, 11) is 0. The largest absolute Gasteiger partial charge is 0.288 e. The fourth-order valence-electron chi connectivity index (χ4n) is 3.29. The van der Waals surface area contributed by atoms with Crippen LogP contribution in [0.15, 0.2) is 35.0 Å². The maximum absolute atomic E-state index is 13.1. The number of aryl methyl sites for hydroxylation is 2. The lowest BCUT2D eigenvalue weighted by atomic mass is 9.86. The van der Waals surface area contributed by atoms with E-state index in [2.05, 4.69) is 31.2 Å². The minimum atomic E-state index is -0.0166. The third-order valence-corrected chi connectivity index (χ3v) is 8.81. The van der Waals surface area contributed by atoms with E-state index in [-0.39, 0.29) is 11.6 Å². The van der Waals surface area contributed by atoms with E-state index in [1.165, 1.54) is 26.0 Å². The Morgan fingerprint density at radius 3 is 2.00 bits per heavy atom. The van der Waals surface area contributed by atoms with Crippen molar-refractivity contribution in [3.63, 3.8) is 0 Å². The Balaban J connectivity index is 1.67. The van der Waals surface area contributed by atoms with Crippen molar-refractivity contribution in [3.8, 4) is 19.5 Å². The van der Waals surface area contributed by atoms with E-state index in [1.54, 1.807) is 44.8 Å². The zero-order valence-corrected chi connectivity index (χ0v) is 17.2. The molecular weight excluding hydrogens is 400 g/mol. The van der Waals surface area contributed by atoms with E-state index in [1.807, 2.05) is 6.92 Å². The molecule has 4 aromatic heterocycles. The van der Waals surface area contributed by atoms with Gasteiger partial charge in [-0.1, -0.05) is 0 Å². The number of hydrogen-bond acceptors (Lipinski definition) is 6. The zero-order valence-electron chi connectivity index (χ0n) is 13.9. The molecule has 1 aliphatic carbocycles. The average Bonchev–Trinajstić information content (AvgIpc) is 3.37. The standard InChI is InChI=1S/C20H12O2S4/c1-9-3-4-13(24-9)14-5-6-15(26-14)20-17-16(10(2)25-20)18(21)11-7-23-8-12(11)19(17)22/h3-8H,1-2H3. The van der Waals surface area contributed by atoms with Crippen LogP contribution in [-0.2, 0) is 0 Å². The molecule has 0 aliphatic heterocycles. The minimum absolute atomic E-state index is 0.0125. The molecule has 4 aromatic rings. The molecule has 2 nitrogen and oxygen atoms in total. The van der Waals surface area contributed by atoms with E-state index in [0.29, 0.717) is 22.3 Å². The van der Waals surface area contributed by atoms with Gasteiger partial charge >= 0.3 is 0 Å². The van der Waals surface area contributed by atoms with Gasteiger partial charge in [0.2, 0.25) is 0 Å². The third-order valence-electron chi connectivity index (χ3n) is 4.50. The highest BCUT2D eigenvalue weighted by Gasteiger charge is 2.36. The monoisotopic (exact) mass is 412 g/mol. The van der Waals surface area contributed by atoms with Crippen LogP contribution in [0.4, 0.5) is 0 Å². The lowest BCUT2D eigenvalue weighted by molar-refractivity contribution is 0.0981. The van der Waals surface area contributed by atoms with Gasteiger partial charge in [-0.05, 0) is 38.1 Å². The van der Waals surface area contributed by atoms with E-state index in [4.69, 9.17) is 0 Å². The summed E-state index contributed by atoms with van der Waals surface area (Å²) in [5.74, 6) is -0.0290. The Bertz CT molecular complexity index is 1200. The normalized spacial score (nSPS) is 13.2. The van der Waals surface area contributed by atoms with E-state index in [0.717, 1.165) is 14.6 Å².